The van der Waals surface area contributed by atoms with Crippen LogP contribution in [0.4, 0.5) is 18.0 Å². The maximum atomic E-state index is 13.0. The number of methoxy groups -OCH3 is 1. The third-order valence-corrected chi connectivity index (χ3v) is 7.37. The quantitative estimate of drug-likeness (QED) is 0.592. The number of amides is 2. The molecule has 2 saturated heterocycles. The van der Waals surface area contributed by atoms with E-state index in [0.717, 1.165) is 12.1 Å². The molecule has 0 spiro atoms. The molecule has 0 saturated carbocycles. The summed E-state index contributed by atoms with van der Waals surface area (Å²) in [6.45, 7) is 0.840. The second-order valence-corrected chi connectivity index (χ2v) is 10.4. The molecule has 2 fully saturated rings. The summed E-state index contributed by atoms with van der Waals surface area (Å²) in [5, 5.41) is 5.10. The van der Waals surface area contributed by atoms with E-state index in [1.165, 1.54) is 48.4 Å². The number of hydrogen-bond acceptors (Lipinski definition) is 7. The summed E-state index contributed by atoms with van der Waals surface area (Å²) in [5.41, 5.74) is -0.0262. The van der Waals surface area contributed by atoms with Gasteiger partial charge in [-0.15, -0.1) is 13.2 Å². The lowest BCUT2D eigenvalue weighted by atomic mass is 9.95. The zero-order valence-electron chi connectivity index (χ0n) is 19.6. The number of rotatable bonds is 6. The molecule has 0 bridgehead atoms. The van der Waals surface area contributed by atoms with Gasteiger partial charge < -0.3 is 24.0 Å². The molecule has 2 aromatic carbocycles. The smallest absolute Gasteiger partial charge is 0.445 e. The van der Waals surface area contributed by atoms with Crippen molar-refractivity contribution in [3.8, 4) is 5.75 Å². The monoisotopic (exact) mass is 543 g/mol. The molecule has 200 valence electrons. The van der Waals surface area contributed by atoms with Crippen LogP contribution in [0.2, 0.25) is 0 Å². The third-order valence-electron chi connectivity index (χ3n) is 6.44. The lowest BCUT2D eigenvalue weighted by Crippen LogP contribution is -2.44. The van der Waals surface area contributed by atoms with E-state index in [4.69, 9.17) is 14.6 Å². The minimum Gasteiger partial charge on any atom is -0.445 e. The molecule has 14 heteroatoms. The van der Waals surface area contributed by atoms with Gasteiger partial charge in [-0.3, -0.25) is 4.79 Å². The molecular weight excluding hydrogens is 519 g/mol. The third kappa shape index (κ3) is 5.97. The minimum atomic E-state index is -4.79. The Bertz CT molecular complexity index is 1270. The topological polar surface area (TPSA) is 128 Å². The summed E-state index contributed by atoms with van der Waals surface area (Å²) in [6.07, 6.45) is -5.41. The Morgan fingerprint density at radius 2 is 1.62 bits per heavy atom. The number of sulfonamides is 1. The van der Waals surface area contributed by atoms with Crippen molar-refractivity contribution >= 4 is 22.0 Å². The molecule has 0 radical (unpaired) electrons. The summed E-state index contributed by atoms with van der Waals surface area (Å²) >= 11 is 0. The van der Waals surface area contributed by atoms with Crippen molar-refractivity contribution in [3.63, 3.8) is 0 Å². The lowest BCUT2D eigenvalue weighted by molar-refractivity contribution is -0.274. The number of benzene rings is 2. The molecule has 2 N–H and O–H groups in total. The number of ether oxygens (including phenoxy) is 3. The van der Waals surface area contributed by atoms with Gasteiger partial charge in [-0.2, -0.15) is 0 Å². The largest absolute Gasteiger partial charge is 0.573 e. The van der Waals surface area contributed by atoms with Gasteiger partial charge in [0, 0.05) is 31.7 Å². The zero-order valence-corrected chi connectivity index (χ0v) is 20.4. The van der Waals surface area contributed by atoms with Gasteiger partial charge in [0.2, 0.25) is 10.0 Å². The molecule has 0 aromatic heterocycles. The van der Waals surface area contributed by atoms with Crippen molar-refractivity contribution in [3.05, 3.63) is 59.7 Å². The average molecular weight is 544 g/mol. The minimum absolute atomic E-state index is 0.101. The van der Waals surface area contributed by atoms with E-state index in [1.54, 1.807) is 4.90 Å². The van der Waals surface area contributed by atoms with Gasteiger partial charge in [0.1, 0.15) is 18.0 Å². The van der Waals surface area contributed by atoms with Crippen LogP contribution in [0.25, 0.3) is 0 Å². The number of halogens is 3. The molecule has 2 amide bonds. The number of carbonyl (C=O) groups is 2. The fraction of sp³-hybridized carbons (Fsp3) is 0.391. The van der Waals surface area contributed by atoms with Crippen LogP contribution in [-0.2, 0) is 26.1 Å². The van der Waals surface area contributed by atoms with Crippen molar-refractivity contribution < 1.29 is 45.4 Å². The summed E-state index contributed by atoms with van der Waals surface area (Å²) in [4.78, 5) is 28.6. The van der Waals surface area contributed by atoms with E-state index >= 15 is 0 Å². The lowest BCUT2D eigenvalue weighted by Gasteiger charge is -2.27. The molecule has 0 aliphatic carbocycles. The number of alkyl halides is 3. The highest BCUT2D eigenvalue weighted by molar-refractivity contribution is 7.89. The Morgan fingerprint density at radius 1 is 1.03 bits per heavy atom. The Morgan fingerprint density at radius 3 is 2.16 bits per heavy atom. The van der Waals surface area contributed by atoms with Gasteiger partial charge in [0.05, 0.1) is 18.0 Å². The molecule has 2 atom stereocenters. The van der Waals surface area contributed by atoms with Crippen LogP contribution >= 0.6 is 0 Å². The second-order valence-electron chi connectivity index (χ2n) is 8.85. The van der Waals surface area contributed by atoms with E-state index < -0.39 is 28.1 Å². The highest BCUT2D eigenvalue weighted by Gasteiger charge is 2.55. The maximum Gasteiger partial charge on any atom is 0.573 e. The Hall–Kier alpha value is -3.36. The van der Waals surface area contributed by atoms with Gasteiger partial charge >= 0.3 is 12.5 Å². The van der Waals surface area contributed by atoms with Crippen LogP contribution in [0, 0.1) is 5.92 Å². The number of hydrogen-bond donors (Lipinski definition) is 1. The molecule has 10 nitrogen and oxygen atoms in total. The Balaban J connectivity index is 1.33. The summed E-state index contributed by atoms with van der Waals surface area (Å²) in [5.74, 6) is -0.869. The van der Waals surface area contributed by atoms with Gasteiger partial charge in [-0.1, -0.05) is 12.1 Å². The van der Waals surface area contributed by atoms with Crippen LogP contribution in [-0.4, -0.2) is 75.5 Å². The first-order chi connectivity index (χ1) is 17.3. The van der Waals surface area contributed by atoms with Gasteiger partial charge in [-0.25, -0.2) is 18.4 Å². The summed E-state index contributed by atoms with van der Waals surface area (Å²) in [6, 6.07) is 10.3. The predicted octanol–water partition coefficient (Wildman–Crippen LogP) is 2.34. The van der Waals surface area contributed by atoms with Gasteiger partial charge in [0.15, 0.2) is 0 Å². The number of primary sulfonamides is 1. The number of likely N-dealkylation sites (tertiary alicyclic amines) is 2. The first-order valence-corrected chi connectivity index (χ1v) is 12.6. The van der Waals surface area contributed by atoms with Crippen molar-refractivity contribution in [2.45, 2.75) is 23.5 Å². The first-order valence-electron chi connectivity index (χ1n) is 11.0. The highest BCUT2D eigenvalue weighted by atomic mass is 32.2. The van der Waals surface area contributed by atoms with Gasteiger partial charge in [0.25, 0.3) is 5.91 Å². The maximum absolute atomic E-state index is 13.0. The van der Waals surface area contributed by atoms with Crippen LogP contribution in [0.1, 0.15) is 15.9 Å². The van der Waals surface area contributed by atoms with Crippen LogP contribution in [0.5, 0.6) is 5.75 Å². The van der Waals surface area contributed by atoms with Crippen molar-refractivity contribution in [2.24, 2.45) is 11.1 Å². The standard InChI is InChI=1S/C23H24F3N3O7S/c1-34-22-13-28(20(30)16-4-8-19(9-5-16)37(27,32)33)10-17(22)11-29(14-22)21(31)35-12-15-2-6-18(7-3-15)36-23(24,25)26/h2-9,17H,10-14H2,1H3,(H2,27,32,33)/t17-,22+/m0/s1. The van der Waals surface area contributed by atoms with E-state index in [2.05, 4.69) is 4.74 Å². The van der Waals surface area contributed by atoms with E-state index in [9.17, 15) is 31.2 Å². The van der Waals surface area contributed by atoms with E-state index in [-0.39, 0.29) is 48.7 Å². The number of nitrogens with two attached hydrogens (primary N) is 1. The highest BCUT2D eigenvalue weighted by Crippen LogP contribution is 2.38. The van der Waals surface area contributed by atoms with Crippen LogP contribution in [0.3, 0.4) is 0 Å². The number of fused-ring (bicyclic) bond motifs is 1. The molecule has 2 aliphatic heterocycles. The molecule has 2 aromatic rings. The fourth-order valence-electron chi connectivity index (χ4n) is 4.59. The Labute approximate surface area is 210 Å². The molecule has 4 rings (SSSR count). The SMILES string of the molecule is CO[C@]12CN(C(=O)OCc3ccc(OC(F)(F)F)cc3)C[C@@H]1CN(C(=O)c1ccc(S(N)(=O)=O)cc1)C2. The molecule has 2 aliphatic rings. The van der Waals surface area contributed by atoms with Crippen molar-refractivity contribution in [2.75, 3.05) is 33.3 Å². The Kier molecular flexibility index (Phi) is 7.10. The van der Waals surface area contributed by atoms with Crippen LogP contribution < -0.4 is 9.88 Å². The predicted molar refractivity (Wildman–Crippen MR) is 122 cm³/mol. The van der Waals surface area contributed by atoms with E-state index in [1.807, 2.05) is 0 Å². The van der Waals surface area contributed by atoms with Crippen molar-refractivity contribution in [1.82, 2.24) is 9.80 Å². The summed E-state index contributed by atoms with van der Waals surface area (Å²) in [7, 11) is -2.38. The fourth-order valence-corrected chi connectivity index (χ4v) is 5.10. The van der Waals surface area contributed by atoms with Crippen molar-refractivity contribution in [1.29, 1.82) is 0 Å². The number of nitrogens with zero attached hydrogens (tertiary/aromatic N) is 2. The second kappa shape index (κ2) is 9.84. The first kappa shape index (κ1) is 26.7. The summed E-state index contributed by atoms with van der Waals surface area (Å²) < 4.78 is 74.6. The molecular formula is C23H24F3N3O7S. The van der Waals surface area contributed by atoms with E-state index in [0.29, 0.717) is 17.7 Å². The average Bonchev–Trinajstić information content (AvgIpc) is 3.37. The molecule has 37 heavy (non-hydrogen) atoms. The molecule has 2 heterocycles. The number of carbonyl (C=O) groups excluding carboxylic acids is 2. The van der Waals surface area contributed by atoms with Crippen LogP contribution in [0.15, 0.2) is 53.4 Å². The normalized spacial score (nSPS) is 21.6. The zero-order chi connectivity index (χ0) is 27.0. The van der Waals surface area contributed by atoms with Gasteiger partial charge in [-0.05, 0) is 42.0 Å². The molecule has 0 unspecified atom stereocenters.